The maximum Gasteiger partial charge on any atom is 0.237 e. The van der Waals surface area contributed by atoms with Crippen molar-refractivity contribution in [2.75, 3.05) is 50.8 Å². The van der Waals surface area contributed by atoms with Crippen LogP contribution in [0.15, 0.2) is 0 Å². The van der Waals surface area contributed by atoms with E-state index in [2.05, 4.69) is 38.5 Å². The van der Waals surface area contributed by atoms with E-state index in [1.165, 1.54) is 10.4 Å². The lowest BCUT2D eigenvalue weighted by atomic mass is 10.0. The molecule has 0 radical (unpaired) electrons. The summed E-state index contributed by atoms with van der Waals surface area (Å²) in [5.41, 5.74) is 7.10. The van der Waals surface area contributed by atoms with Crippen molar-refractivity contribution in [1.29, 1.82) is 0 Å². The Bertz CT molecular complexity index is 972. The summed E-state index contributed by atoms with van der Waals surface area (Å²) in [4.78, 5) is 29.1. The van der Waals surface area contributed by atoms with Crippen molar-refractivity contribution in [2.45, 2.75) is 45.8 Å². The molecule has 8 nitrogen and oxygen atoms in total. The fourth-order valence-electron chi connectivity index (χ4n) is 4.30. The van der Waals surface area contributed by atoms with Crippen LogP contribution in [0.1, 0.15) is 31.2 Å². The minimum Gasteiger partial charge on any atom is -0.377 e. The molecule has 2 aromatic rings. The lowest BCUT2D eigenvalue weighted by molar-refractivity contribution is -0.129. The number of aryl methyl sites for hydroxylation is 1. The van der Waals surface area contributed by atoms with Crippen molar-refractivity contribution in [3.63, 3.8) is 0 Å². The summed E-state index contributed by atoms with van der Waals surface area (Å²) >= 11 is 8.08. The molecule has 4 heterocycles. The van der Waals surface area contributed by atoms with Crippen LogP contribution in [0.25, 0.3) is 10.2 Å². The van der Waals surface area contributed by atoms with Gasteiger partial charge in [0.05, 0.1) is 35.0 Å². The van der Waals surface area contributed by atoms with Crippen molar-refractivity contribution in [2.24, 2.45) is 5.73 Å². The van der Waals surface area contributed by atoms with E-state index >= 15 is 0 Å². The predicted molar refractivity (Wildman–Crippen MR) is 125 cm³/mol. The van der Waals surface area contributed by atoms with Gasteiger partial charge in [0, 0.05) is 44.1 Å². The summed E-state index contributed by atoms with van der Waals surface area (Å²) in [5, 5.41) is 0.288. The largest absolute Gasteiger partial charge is 0.377 e. The van der Waals surface area contributed by atoms with Gasteiger partial charge in [0.1, 0.15) is 0 Å². The summed E-state index contributed by atoms with van der Waals surface area (Å²) in [6.45, 7) is 14.5. The molecule has 0 bridgehead atoms. The number of carbonyl (C=O) groups is 1. The van der Waals surface area contributed by atoms with Gasteiger partial charge in [-0.15, -0.1) is 11.3 Å². The Morgan fingerprint density at radius 1 is 1.26 bits per heavy atom. The minimum absolute atomic E-state index is 0.246. The zero-order valence-electron chi connectivity index (χ0n) is 18.7. The van der Waals surface area contributed by atoms with Crippen molar-refractivity contribution >= 4 is 44.9 Å². The van der Waals surface area contributed by atoms with Crippen molar-refractivity contribution in [3.05, 3.63) is 15.7 Å². The van der Waals surface area contributed by atoms with E-state index in [1.54, 1.807) is 11.3 Å². The summed E-state index contributed by atoms with van der Waals surface area (Å²) in [6.07, 6.45) is 0. The van der Waals surface area contributed by atoms with Crippen LogP contribution in [0.2, 0.25) is 5.28 Å². The van der Waals surface area contributed by atoms with E-state index in [0.717, 1.165) is 55.3 Å². The van der Waals surface area contributed by atoms with Gasteiger partial charge >= 0.3 is 0 Å². The SMILES string of the molecule is Cc1c(CN2CCN(C(C)(C)C(N)=O)CC2)sc2c(N3CCOC[C@@H]3C)nc(Cl)nc12. The van der Waals surface area contributed by atoms with Crippen LogP contribution >= 0.6 is 22.9 Å². The van der Waals surface area contributed by atoms with Crippen LogP contribution in [0, 0.1) is 6.92 Å². The Labute approximate surface area is 192 Å². The van der Waals surface area contributed by atoms with Crippen LogP contribution < -0.4 is 10.6 Å². The van der Waals surface area contributed by atoms with E-state index in [-0.39, 0.29) is 17.2 Å². The molecule has 2 N–H and O–H groups in total. The maximum absolute atomic E-state index is 11.8. The second kappa shape index (κ2) is 8.78. The fraction of sp³-hybridized carbons (Fsp3) is 0.667. The molecular weight excluding hydrogens is 436 g/mol. The van der Waals surface area contributed by atoms with Crippen LogP contribution in [-0.4, -0.2) is 83.2 Å². The second-order valence-electron chi connectivity index (χ2n) is 8.95. The van der Waals surface area contributed by atoms with E-state index in [4.69, 9.17) is 22.1 Å². The smallest absolute Gasteiger partial charge is 0.237 e. The Balaban J connectivity index is 1.55. The minimum atomic E-state index is -0.615. The van der Waals surface area contributed by atoms with Gasteiger partial charge < -0.3 is 15.4 Å². The number of nitrogens with two attached hydrogens (primary N) is 1. The Morgan fingerprint density at radius 3 is 2.61 bits per heavy atom. The highest BCUT2D eigenvalue weighted by molar-refractivity contribution is 7.19. The molecule has 4 rings (SSSR count). The number of piperazine rings is 1. The van der Waals surface area contributed by atoms with Crippen LogP contribution in [0.3, 0.4) is 0 Å². The first-order valence-electron chi connectivity index (χ1n) is 10.8. The number of halogens is 1. The zero-order valence-corrected chi connectivity index (χ0v) is 20.2. The van der Waals surface area contributed by atoms with Gasteiger partial charge in [0.25, 0.3) is 0 Å². The first-order chi connectivity index (χ1) is 14.7. The third kappa shape index (κ3) is 4.39. The summed E-state index contributed by atoms with van der Waals surface area (Å²) in [7, 11) is 0. The molecule has 2 saturated heterocycles. The fourth-order valence-corrected chi connectivity index (χ4v) is 5.76. The maximum atomic E-state index is 11.8. The standard InChI is InChI=1S/C21H31ClN6O2S/c1-13-12-30-10-9-28(13)18-17-16(24-20(22)25-18)14(2)15(31-17)11-26-5-7-27(8-6-26)21(3,4)19(23)29/h13H,5-12H2,1-4H3,(H2,23,29)/t13-/m0/s1. The van der Waals surface area contributed by atoms with Crippen molar-refractivity contribution in [3.8, 4) is 0 Å². The topological polar surface area (TPSA) is 87.8 Å². The quantitative estimate of drug-likeness (QED) is 0.676. The van der Waals surface area contributed by atoms with Gasteiger partial charge in [-0.2, -0.15) is 4.98 Å². The predicted octanol–water partition coefficient (Wildman–Crippen LogP) is 2.26. The average molecular weight is 467 g/mol. The molecule has 0 spiro atoms. The monoisotopic (exact) mass is 466 g/mol. The number of aromatic nitrogens is 2. The molecule has 0 aliphatic carbocycles. The van der Waals surface area contributed by atoms with Gasteiger partial charge in [0.2, 0.25) is 11.2 Å². The van der Waals surface area contributed by atoms with Gasteiger partial charge in [-0.05, 0) is 44.9 Å². The molecular formula is C21H31ClN6O2S. The van der Waals surface area contributed by atoms with E-state index in [0.29, 0.717) is 13.2 Å². The van der Waals surface area contributed by atoms with Crippen molar-refractivity contribution in [1.82, 2.24) is 19.8 Å². The molecule has 0 saturated carbocycles. The molecule has 2 aromatic heterocycles. The lowest BCUT2D eigenvalue weighted by Gasteiger charge is -2.42. The highest BCUT2D eigenvalue weighted by atomic mass is 35.5. The lowest BCUT2D eigenvalue weighted by Crippen LogP contribution is -2.59. The summed E-state index contributed by atoms with van der Waals surface area (Å²) < 4.78 is 6.69. The molecule has 1 amide bonds. The zero-order chi connectivity index (χ0) is 22.3. The number of carbonyl (C=O) groups excluding carboxylic acids is 1. The third-order valence-electron chi connectivity index (χ3n) is 6.59. The highest BCUT2D eigenvalue weighted by Gasteiger charge is 2.35. The number of rotatable bonds is 5. The van der Waals surface area contributed by atoms with Crippen LogP contribution in [0.5, 0.6) is 0 Å². The number of amides is 1. The molecule has 2 aliphatic rings. The Morgan fingerprint density at radius 2 is 1.97 bits per heavy atom. The van der Waals surface area contributed by atoms with Gasteiger partial charge in [0.15, 0.2) is 5.82 Å². The molecule has 31 heavy (non-hydrogen) atoms. The number of hydrogen-bond donors (Lipinski definition) is 1. The van der Waals surface area contributed by atoms with Gasteiger partial charge in [-0.1, -0.05) is 0 Å². The molecule has 0 aromatic carbocycles. The number of fused-ring (bicyclic) bond motifs is 1. The first-order valence-corrected chi connectivity index (χ1v) is 11.9. The normalized spacial score (nSPS) is 21.7. The Kier molecular flexibility index (Phi) is 6.42. The number of ether oxygens (including phenoxy) is 1. The number of hydrogen-bond acceptors (Lipinski definition) is 8. The number of thiophene rings is 1. The molecule has 2 aliphatic heterocycles. The van der Waals surface area contributed by atoms with Gasteiger partial charge in [-0.25, -0.2) is 4.98 Å². The van der Waals surface area contributed by atoms with Crippen LogP contribution in [0.4, 0.5) is 5.82 Å². The van der Waals surface area contributed by atoms with E-state index in [9.17, 15) is 4.79 Å². The summed E-state index contributed by atoms with van der Waals surface area (Å²) in [6, 6.07) is 0.246. The number of primary amides is 1. The van der Waals surface area contributed by atoms with Gasteiger partial charge in [-0.3, -0.25) is 14.6 Å². The molecule has 2 fully saturated rings. The number of nitrogens with zero attached hydrogens (tertiary/aromatic N) is 5. The third-order valence-corrected chi connectivity index (χ3v) is 8.02. The number of anilines is 1. The van der Waals surface area contributed by atoms with E-state index < -0.39 is 5.54 Å². The van der Waals surface area contributed by atoms with E-state index in [1.807, 2.05) is 13.8 Å². The van der Waals surface area contributed by atoms with Crippen molar-refractivity contribution < 1.29 is 9.53 Å². The Hall–Kier alpha value is -1.52. The highest BCUT2D eigenvalue weighted by Crippen LogP contribution is 2.38. The second-order valence-corrected chi connectivity index (χ2v) is 10.4. The number of morpholine rings is 1. The average Bonchev–Trinajstić information content (AvgIpc) is 3.04. The molecule has 1 atom stereocenters. The van der Waals surface area contributed by atoms with Crippen LogP contribution in [-0.2, 0) is 16.1 Å². The summed E-state index contributed by atoms with van der Waals surface area (Å²) in [5.74, 6) is 0.639. The molecule has 10 heteroatoms. The molecule has 0 unspecified atom stereocenters. The first kappa shape index (κ1) is 22.7. The molecule has 170 valence electrons.